The first-order chi connectivity index (χ1) is 8.99. The zero-order valence-corrected chi connectivity index (χ0v) is 10.5. The van der Waals surface area contributed by atoms with Crippen LogP contribution >= 0.6 is 0 Å². The van der Waals surface area contributed by atoms with Crippen LogP contribution in [0.1, 0.15) is 13.8 Å². The fourth-order valence-corrected chi connectivity index (χ4v) is 2.62. The van der Waals surface area contributed by atoms with E-state index in [9.17, 15) is 14.0 Å². The van der Waals surface area contributed by atoms with Crippen LogP contribution in [0, 0.1) is 5.92 Å². The summed E-state index contributed by atoms with van der Waals surface area (Å²) in [6, 6.07) is -1.32. The Morgan fingerprint density at radius 2 is 1.95 bits per heavy atom. The number of carbonyl (C=O) groups is 2. The van der Waals surface area contributed by atoms with E-state index in [4.69, 9.17) is 4.74 Å². The van der Waals surface area contributed by atoms with E-state index in [1.807, 2.05) is 0 Å². The van der Waals surface area contributed by atoms with E-state index in [1.165, 1.54) is 0 Å². The van der Waals surface area contributed by atoms with Gasteiger partial charge in [-0.3, -0.25) is 10.1 Å². The SMILES string of the molecule is CC(C)OC1=C2C=CC(=C1F)C2C1NC(=O)NC1=O. The third-order valence-electron chi connectivity index (χ3n) is 3.32. The van der Waals surface area contributed by atoms with Gasteiger partial charge in [-0.1, -0.05) is 12.2 Å². The zero-order valence-electron chi connectivity index (χ0n) is 10.5. The van der Waals surface area contributed by atoms with Crippen molar-refractivity contribution in [3.63, 3.8) is 0 Å². The molecular weight excluding hydrogens is 251 g/mol. The van der Waals surface area contributed by atoms with Gasteiger partial charge in [0.2, 0.25) is 0 Å². The molecule has 19 heavy (non-hydrogen) atoms. The van der Waals surface area contributed by atoms with E-state index in [1.54, 1.807) is 26.0 Å². The van der Waals surface area contributed by atoms with Gasteiger partial charge in [0.15, 0.2) is 11.6 Å². The monoisotopic (exact) mass is 264 g/mol. The molecule has 3 amide bonds. The molecule has 0 radical (unpaired) electrons. The Morgan fingerprint density at radius 3 is 2.53 bits per heavy atom. The number of ether oxygens (including phenoxy) is 1. The van der Waals surface area contributed by atoms with Crippen LogP contribution in [0.3, 0.4) is 0 Å². The van der Waals surface area contributed by atoms with Gasteiger partial charge in [0, 0.05) is 17.1 Å². The number of allylic oxidation sites excluding steroid dienone is 3. The number of imide groups is 1. The topological polar surface area (TPSA) is 67.4 Å². The van der Waals surface area contributed by atoms with Crippen LogP contribution in [-0.4, -0.2) is 24.1 Å². The van der Waals surface area contributed by atoms with Crippen molar-refractivity contribution in [1.82, 2.24) is 10.6 Å². The van der Waals surface area contributed by atoms with Gasteiger partial charge in [-0.2, -0.15) is 0 Å². The van der Waals surface area contributed by atoms with Crippen LogP contribution in [0.4, 0.5) is 9.18 Å². The minimum Gasteiger partial charge on any atom is -0.488 e. The Morgan fingerprint density at radius 1 is 1.26 bits per heavy atom. The molecule has 1 saturated heterocycles. The molecule has 2 bridgehead atoms. The highest BCUT2D eigenvalue weighted by Gasteiger charge is 2.47. The molecular formula is C13H13FN2O3. The molecule has 0 aromatic carbocycles. The Hall–Kier alpha value is -2.11. The molecule has 1 heterocycles. The first-order valence-electron chi connectivity index (χ1n) is 6.09. The second kappa shape index (κ2) is 3.94. The van der Waals surface area contributed by atoms with E-state index >= 15 is 0 Å². The minimum atomic E-state index is -0.772. The largest absolute Gasteiger partial charge is 0.488 e. The summed E-state index contributed by atoms with van der Waals surface area (Å²) in [6.07, 6.45) is 3.20. The van der Waals surface area contributed by atoms with Gasteiger partial charge in [-0.15, -0.1) is 0 Å². The van der Waals surface area contributed by atoms with Gasteiger partial charge in [0.05, 0.1) is 6.10 Å². The number of amides is 3. The second-order valence-corrected chi connectivity index (χ2v) is 4.97. The van der Waals surface area contributed by atoms with Gasteiger partial charge in [0.1, 0.15) is 6.04 Å². The van der Waals surface area contributed by atoms with Crippen molar-refractivity contribution in [2.75, 3.05) is 0 Å². The number of urea groups is 1. The van der Waals surface area contributed by atoms with E-state index < -0.39 is 29.7 Å². The molecule has 3 rings (SSSR count). The Bertz CT molecular complexity index is 574. The van der Waals surface area contributed by atoms with Crippen LogP contribution in [0.5, 0.6) is 0 Å². The van der Waals surface area contributed by atoms with Crippen LogP contribution in [0.2, 0.25) is 0 Å². The number of halogens is 1. The summed E-state index contributed by atoms with van der Waals surface area (Å²) < 4.78 is 19.6. The molecule has 5 nitrogen and oxygen atoms in total. The van der Waals surface area contributed by atoms with Crippen molar-refractivity contribution in [3.05, 3.63) is 34.9 Å². The van der Waals surface area contributed by atoms with Crippen molar-refractivity contribution in [2.24, 2.45) is 5.92 Å². The highest BCUT2D eigenvalue weighted by Crippen LogP contribution is 2.47. The first kappa shape index (κ1) is 12.0. The molecule has 2 unspecified atom stereocenters. The Balaban J connectivity index is 1.96. The highest BCUT2D eigenvalue weighted by atomic mass is 19.1. The van der Waals surface area contributed by atoms with Crippen molar-refractivity contribution in [1.29, 1.82) is 0 Å². The zero-order chi connectivity index (χ0) is 13.7. The average molecular weight is 264 g/mol. The lowest BCUT2D eigenvalue weighted by Crippen LogP contribution is -2.36. The maximum Gasteiger partial charge on any atom is 0.322 e. The first-order valence-corrected chi connectivity index (χ1v) is 6.09. The number of hydrogen-bond acceptors (Lipinski definition) is 3. The lowest BCUT2D eigenvalue weighted by Gasteiger charge is -2.16. The van der Waals surface area contributed by atoms with E-state index in [0.717, 1.165) is 0 Å². The average Bonchev–Trinajstić information content (AvgIpc) is 2.93. The maximum atomic E-state index is 14.2. The third-order valence-corrected chi connectivity index (χ3v) is 3.32. The fourth-order valence-electron chi connectivity index (χ4n) is 2.62. The summed E-state index contributed by atoms with van der Waals surface area (Å²) in [6.45, 7) is 3.61. The third kappa shape index (κ3) is 1.67. The molecule has 6 heteroatoms. The quantitative estimate of drug-likeness (QED) is 0.755. The van der Waals surface area contributed by atoms with Crippen LogP contribution < -0.4 is 10.6 Å². The van der Waals surface area contributed by atoms with Crippen molar-refractivity contribution in [3.8, 4) is 0 Å². The van der Waals surface area contributed by atoms with Gasteiger partial charge in [-0.25, -0.2) is 9.18 Å². The highest BCUT2D eigenvalue weighted by molar-refractivity contribution is 6.05. The van der Waals surface area contributed by atoms with E-state index in [-0.39, 0.29) is 11.9 Å². The van der Waals surface area contributed by atoms with Gasteiger partial charge in [-0.05, 0) is 13.8 Å². The van der Waals surface area contributed by atoms with Gasteiger partial charge in [0.25, 0.3) is 5.91 Å². The van der Waals surface area contributed by atoms with E-state index in [0.29, 0.717) is 11.1 Å². The Kier molecular flexibility index (Phi) is 2.48. The summed E-state index contributed by atoms with van der Waals surface area (Å²) in [7, 11) is 0. The second-order valence-electron chi connectivity index (χ2n) is 4.97. The van der Waals surface area contributed by atoms with Crippen LogP contribution in [-0.2, 0) is 9.53 Å². The number of rotatable bonds is 3. The number of carbonyl (C=O) groups excluding carboxylic acids is 2. The number of nitrogens with one attached hydrogen (secondary N) is 2. The summed E-state index contributed by atoms with van der Waals surface area (Å²) in [5.74, 6) is -1.18. The standard InChI is InChI=1S/C13H13FN2O3/c1-5(2)19-11-7-4-3-6(9(11)14)8(7)10-12(17)16-13(18)15-10/h3-5,8,10H,1-2H3,(H2,15,16,17,18). The van der Waals surface area contributed by atoms with Crippen LogP contribution in [0.25, 0.3) is 0 Å². The van der Waals surface area contributed by atoms with Crippen molar-refractivity contribution >= 4 is 11.9 Å². The molecule has 100 valence electrons. The number of hydrogen-bond donors (Lipinski definition) is 2. The summed E-state index contributed by atoms with van der Waals surface area (Å²) in [4.78, 5) is 22.9. The smallest absolute Gasteiger partial charge is 0.322 e. The summed E-state index contributed by atoms with van der Waals surface area (Å²) >= 11 is 0. The molecule has 3 aliphatic rings. The molecule has 0 aromatic rings. The Labute approximate surface area is 109 Å². The maximum absolute atomic E-state index is 14.2. The minimum absolute atomic E-state index is 0.158. The van der Waals surface area contributed by atoms with Gasteiger partial charge >= 0.3 is 6.03 Å². The fraction of sp³-hybridized carbons (Fsp3) is 0.385. The molecule has 0 spiro atoms. The van der Waals surface area contributed by atoms with Crippen molar-refractivity contribution < 1.29 is 18.7 Å². The molecule has 0 aromatic heterocycles. The van der Waals surface area contributed by atoms with Gasteiger partial charge < -0.3 is 10.1 Å². The lowest BCUT2D eigenvalue weighted by molar-refractivity contribution is -0.120. The molecule has 1 aliphatic heterocycles. The number of fused-ring (bicyclic) bond motifs is 2. The predicted molar refractivity (Wildman–Crippen MR) is 64.5 cm³/mol. The van der Waals surface area contributed by atoms with Crippen LogP contribution in [0.15, 0.2) is 34.9 Å². The molecule has 2 aliphatic carbocycles. The normalized spacial score (nSPS) is 28.6. The summed E-state index contributed by atoms with van der Waals surface area (Å²) in [5, 5.41) is 4.67. The molecule has 2 N–H and O–H groups in total. The molecule has 0 saturated carbocycles. The molecule has 1 fully saturated rings. The summed E-state index contributed by atoms with van der Waals surface area (Å²) in [5.41, 5.74) is 1.01. The predicted octanol–water partition coefficient (Wildman–Crippen LogP) is 1.30. The van der Waals surface area contributed by atoms with E-state index in [2.05, 4.69) is 10.6 Å². The molecule has 2 atom stereocenters. The lowest BCUT2D eigenvalue weighted by atomic mass is 9.93. The van der Waals surface area contributed by atoms with Crippen molar-refractivity contribution in [2.45, 2.75) is 26.0 Å².